The molecule has 1 N–H and O–H groups in total. The lowest BCUT2D eigenvalue weighted by Crippen LogP contribution is -2.39. The molecule has 0 spiro atoms. The van der Waals surface area contributed by atoms with Crippen LogP contribution >= 0.6 is 0 Å². The Kier molecular flexibility index (Phi) is 9.19. The summed E-state index contributed by atoms with van der Waals surface area (Å²) in [6.07, 6.45) is 0.370. The van der Waals surface area contributed by atoms with Gasteiger partial charge in [-0.2, -0.15) is 5.26 Å². The molecule has 7 heteroatoms. The Balaban J connectivity index is 1.88. The number of hydrogen-bond donors (Lipinski definition) is 1. The zero-order chi connectivity index (χ0) is 21.8. The smallest absolute Gasteiger partial charge is 0.317 e. The molecular weight excluding hydrogens is 380 g/mol. The van der Waals surface area contributed by atoms with Gasteiger partial charge in [0.05, 0.1) is 19.1 Å². The van der Waals surface area contributed by atoms with Gasteiger partial charge in [0.25, 0.3) is 0 Å². The van der Waals surface area contributed by atoms with Crippen LogP contribution in [0.3, 0.4) is 0 Å². The fourth-order valence-electron chi connectivity index (χ4n) is 2.92. The molecule has 0 radical (unpaired) electrons. The maximum Gasteiger partial charge on any atom is 0.317 e. The number of anilines is 1. The molecule has 0 aromatic heterocycles. The summed E-state index contributed by atoms with van der Waals surface area (Å²) in [6.45, 7) is 3.47. The number of rotatable bonds is 10. The number of hydrogen-bond acceptors (Lipinski definition) is 4. The molecule has 30 heavy (non-hydrogen) atoms. The zero-order valence-corrected chi connectivity index (χ0v) is 17.5. The second-order valence-electron chi connectivity index (χ2n) is 6.70. The average Bonchev–Trinajstić information content (AvgIpc) is 2.76. The minimum atomic E-state index is -0.240. The molecule has 2 aromatic rings. The maximum atomic E-state index is 12.7. The molecule has 0 aliphatic rings. The SMILES string of the molecule is CCOc1ccc(N(CCC#N)C(=O)CCNC(=O)N(C)Cc2ccccc2)cc1. The van der Waals surface area contributed by atoms with E-state index < -0.39 is 0 Å². The normalized spacial score (nSPS) is 10.0. The Morgan fingerprint density at radius 1 is 1.10 bits per heavy atom. The number of nitriles is 1. The lowest BCUT2D eigenvalue weighted by Gasteiger charge is -2.23. The van der Waals surface area contributed by atoms with Crippen molar-refractivity contribution in [3.8, 4) is 11.8 Å². The summed E-state index contributed by atoms with van der Waals surface area (Å²) in [5.41, 5.74) is 1.73. The first-order valence-corrected chi connectivity index (χ1v) is 9.98. The number of urea groups is 1. The summed E-state index contributed by atoms with van der Waals surface area (Å²) in [5, 5.41) is 11.7. The topological polar surface area (TPSA) is 85.7 Å². The van der Waals surface area contributed by atoms with E-state index in [1.54, 1.807) is 41.1 Å². The van der Waals surface area contributed by atoms with Gasteiger partial charge in [-0.25, -0.2) is 4.79 Å². The molecule has 0 saturated carbocycles. The van der Waals surface area contributed by atoms with Gasteiger partial charge in [-0.3, -0.25) is 4.79 Å². The number of amides is 3. The lowest BCUT2D eigenvalue weighted by molar-refractivity contribution is -0.118. The van der Waals surface area contributed by atoms with Crippen molar-refractivity contribution < 1.29 is 14.3 Å². The average molecular weight is 409 g/mol. The van der Waals surface area contributed by atoms with Gasteiger partial charge >= 0.3 is 6.03 Å². The lowest BCUT2D eigenvalue weighted by atomic mass is 10.2. The summed E-state index contributed by atoms with van der Waals surface area (Å²) in [6, 6.07) is 18.7. The molecule has 0 fully saturated rings. The molecule has 7 nitrogen and oxygen atoms in total. The van der Waals surface area contributed by atoms with Crippen molar-refractivity contribution in [2.75, 3.05) is 31.6 Å². The van der Waals surface area contributed by atoms with Crippen LogP contribution in [-0.4, -0.2) is 43.6 Å². The van der Waals surface area contributed by atoms with Crippen LogP contribution in [0.4, 0.5) is 10.5 Å². The number of ether oxygens (including phenoxy) is 1. The molecule has 0 unspecified atom stereocenters. The predicted molar refractivity (Wildman–Crippen MR) is 116 cm³/mol. The van der Waals surface area contributed by atoms with Gasteiger partial charge < -0.3 is 19.9 Å². The largest absolute Gasteiger partial charge is 0.494 e. The van der Waals surface area contributed by atoms with Gasteiger partial charge in [-0.15, -0.1) is 0 Å². The van der Waals surface area contributed by atoms with E-state index in [4.69, 9.17) is 10.00 Å². The van der Waals surface area contributed by atoms with Crippen LogP contribution in [0.1, 0.15) is 25.3 Å². The minimum absolute atomic E-state index is 0.142. The Labute approximate surface area is 177 Å². The number of carbonyl (C=O) groups is 2. The van der Waals surface area contributed by atoms with Crippen LogP contribution < -0.4 is 15.0 Å². The van der Waals surface area contributed by atoms with Gasteiger partial charge in [-0.05, 0) is 36.8 Å². The van der Waals surface area contributed by atoms with Crippen LogP contribution in [-0.2, 0) is 11.3 Å². The van der Waals surface area contributed by atoms with E-state index in [-0.39, 0.29) is 31.3 Å². The van der Waals surface area contributed by atoms with E-state index in [0.717, 1.165) is 11.3 Å². The maximum absolute atomic E-state index is 12.7. The van der Waals surface area contributed by atoms with Crippen molar-refractivity contribution in [2.24, 2.45) is 0 Å². The molecule has 0 aliphatic heterocycles. The van der Waals surface area contributed by atoms with Crippen molar-refractivity contribution in [1.82, 2.24) is 10.2 Å². The summed E-state index contributed by atoms with van der Waals surface area (Å²) in [7, 11) is 1.71. The summed E-state index contributed by atoms with van der Waals surface area (Å²) < 4.78 is 5.43. The summed E-state index contributed by atoms with van der Waals surface area (Å²) in [5.74, 6) is 0.572. The summed E-state index contributed by atoms with van der Waals surface area (Å²) in [4.78, 5) is 28.1. The standard InChI is InChI=1S/C23H28N4O3/c1-3-30-21-12-10-20(11-13-21)27(17-7-15-24)22(28)14-16-25-23(29)26(2)18-19-8-5-4-6-9-19/h4-6,8-13H,3,7,14,16-18H2,1-2H3,(H,25,29). The van der Waals surface area contributed by atoms with Gasteiger partial charge in [0.2, 0.25) is 5.91 Å². The van der Waals surface area contributed by atoms with Gasteiger partial charge in [-0.1, -0.05) is 30.3 Å². The van der Waals surface area contributed by atoms with Crippen LogP contribution in [0.15, 0.2) is 54.6 Å². The third kappa shape index (κ3) is 7.13. The van der Waals surface area contributed by atoms with Gasteiger partial charge in [0, 0.05) is 38.8 Å². The second kappa shape index (κ2) is 12.1. The van der Waals surface area contributed by atoms with Crippen LogP contribution in [0, 0.1) is 11.3 Å². The van der Waals surface area contributed by atoms with E-state index in [1.807, 2.05) is 37.3 Å². The number of carbonyl (C=O) groups excluding carboxylic acids is 2. The molecular formula is C23H28N4O3. The quantitative estimate of drug-likeness (QED) is 0.651. The molecule has 0 aliphatic carbocycles. The number of benzene rings is 2. The highest BCUT2D eigenvalue weighted by Gasteiger charge is 2.16. The van der Waals surface area contributed by atoms with Crippen LogP contribution in [0.5, 0.6) is 5.75 Å². The van der Waals surface area contributed by atoms with Gasteiger partial charge in [0.15, 0.2) is 0 Å². The van der Waals surface area contributed by atoms with Crippen molar-refractivity contribution in [1.29, 1.82) is 5.26 Å². The van der Waals surface area contributed by atoms with Crippen molar-refractivity contribution in [3.05, 3.63) is 60.2 Å². The van der Waals surface area contributed by atoms with E-state index in [2.05, 4.69) is 11.4 Å². The van der Waals surface area contributed by atoms with Crippen molar-refractivity contribution in [3.63, 3.8) is 0 Å². The van der Waals surface area contributed by atoms with E-state index in [1.165, 1.54) is 0 Å². The van der Waals surface area contributed by atoms with Crippen molar-refractivity contribution >= 4 is 17.6 Å². The Morgan fingerprint density at radius 3 is 2.43 bits per heavy atom. The number of nitrogens with zero attached hydrogens (tertiary/aromatic N) is 3. The third-order valence-electron chi connectivity index (χ3n) is 4.43. The first kappa shape index (κ1) is 22.8. The highest BCUT2D eigenvalue weighted by atomic mass is 16.5. The second-order valence-corrected chi connectivity index (χ2v) is 6.70. The van der Waals surface area contributed by atoms with E-state index >= 15 is 0 Å². The molecule has 0 heterocycles. The Morgan fingerprint density at radius 2 is 1.80 bits per heavy atom. The molecule has 3 amide bonds. The molecule has 0 atom stereocenters. The molecule has 2 aromatic carbocycles. The van der Waals surface area contributed by atoms with Crippen molar-refractivity contribution in [2.45, 2.75) is 26.3 Å². The fourth-order valence-corrected chi connectivity index (χ4v) is 2.92. The Bertz CT molecular complexity index is 847. The van der Waals surface area contributed by atoms with E-state index in [0.29, 0.717) is 25.4 Å². The molecule has 2 rings (SSSR count). The number of nitrogens with one attached hydrogen (secondary N) is 1. The zero-order valence-electron chi connectivity index (χ0n) is 17.5. The fraction of sp³-hybridized carbons (Fsp3) is 0.348. The van der Waals surface area contributed by atoms with Gasteiger partial charge in [0.1, 0.15) is 5.75 Å². The monoisotopic (exact) mass is 408 g/mol. The minimum Gasteiger partial charge on any atom is -0.494 e. The van der Waals surface area contributed by atoms with Crippen LogP contribution in [0.2, 0.25) is 0 Å². The first-order valence-electron chi connectivity index (χ1n) is 9.98. The third-order valence-corrected chi connectivity index (χ3v) is 4.43. The van der Waals surface area contributed by atoms with Crippen LogP contribution in [0.25, 0.3) is 0 Å². The molecule has 0 saturated heterocycles. The highest BCUT2D eigenvalue weighted by molar-refractivity contribution is 5.93. The predicted octanol–water partition coefficient (Wildman–Crippen LogP) is 3.56. The highest BCUT2D eigenvalue weighted by Crippen LogP contribution is 2.20. The Hall–Kier alpha value is -3.53. The van der Waals surface area contributed by atoms with E-state index in [9.17, 15) is 9.59 Å². The first-order chi connectivity index (χ1) is 14.5. The molecule has 158 valence electrons. The summed E-state index contributed by atoms with van der Waals surface area (Å²) >= 11 is 0. The molecule has 0 bridgehead atoms.